The number of esters is 1. The highest BCUT2D eigenvalue weighted by Crippen LogP contribution is 2.26. The zero-order valence-electron chi connectivity index (χ0n) is 14.8. The van der Waals surface area contributed by atoms with Gasteiger partial charge in [0.25, 0.3) is 0 Å². The number of benzene rings is 2. The summed E-state index contributed by atoms with van der Waals surface area (Å²) in [7, 11) is 0. The summed E-state index contributed by atoms with van der Waals surface area (Å²) in [5.41, 5.74) is 0.532. The lowest BCUT2D eigenvalue weighted by molar-refractivity contribution is -0.0233. The Morgan fingerprint density at radius 2 is 1.58 bits per heavy atom. The van der Waals surface area contributed by atoms with Crippen molar-refractivity contribution in [2.75, 3.05) is 0 Å². The fourth-order valence-electron chi connectivity index (χ4n) is 2.79. The fourth-order valence-corrected chi connectivity index (χ4v) is 2.79. The van der Waals surface area contributed by atoms with Gasteiger partial charge >= 0.3 is 11.9 Å². The third-order valence-electron chi connectivity index (χ3n) is 4.19. The molecule has 0 aromatic heterocycles. The van der Waals surface area contributed by atoms with Crippen molar-refractivity contribution < 1.29 is 24.5 Å². The molecule has 2 rings (SSSR count). The summed E-state index contributed by atoms with van der Waals surface area (Å²) in [4.78, 5) is 23.9. The van der Waals surface area contributed by atoms with E-state index < -0.39 is 24.1 Å². The van der Waals surface area contributed by atoms with Crippen molar-refractivity contribution in [2.45, 2.75) is 44.8 Å². The van der Waals surface area contributed by atoms with Gasteiger partial charge in [-0.15, -0.1) is 0 Å². The van der Waals surface area contributed by atoms with Crippen LogP contribution in [0.15, 0.2) is 54.6 Å². The predicted molar refractivity (Wildman–Crippen MR) is 98.1 cm³/mol. The lowest BCUT2D eigenvalue weighted by Crippen LogP contribution is -2.25. The largest absolute Gasteiger partial charge is 0.478 e. The van der Waals surface area contributed by atoms with Crippen molar-refractivity contribution in [2.24, 2.45) is 0 Å². The molecule has 0 saturated carbocycles. The second-order valence-electron chi connectivity index (χ2n) is 6.15. The summed E-state index contributed by atoms with van der Waals surface area (Å²) in [6.07, 6.45) is 1.63. The Hall–Kier alpha value is -2.66. The van der Waals surface area contributed by atoms with Crippen molar-refractivity contribution >= 4 is 11.9 Å². The van der Waals surface area contributed by atoms with E-state index in [1.54, 1.807) is 36.4 Å². The van der Waals surface area contributed by atoms with Gasteiger partial charge < -0.3 is 14.9 Å². The van der Waals surface area contributed by atoms with Crippen molar-refractivity contribution in [3.8, 4) is 0 Å². The molecule has 2 atom stereocenters. The van der Waals surface area contributed by atoms with Gasteiger partial charge in [-0.25, -0.2) is 9.59 Å². The maximum atomic E-state index is 12.6. The smallest absolute Gasteiger partial charge is 0.339 e. The molecule has 2 aromatic carbocycles. The van der Waals surface area contributed by atoms with Crippen molar-refractivity contribution in [3.05, 3.63) is 71.3 Å². The van der Waals surface area contributed by atoms with Gasteiger partial charge in [0.1, 0.15) is 0 Å². The average molecular weight is 356 g/mol. The first-order chi connectivity index (χ1) is 12.5. The Kier molecular flexibility index (Phi) is 7.36. The summed E-state index contributed by atoms with van der Waals surface area (Å²) < 4.78 is 5.55. The molecule has 2 unspecified atom stereocenters. The maximum Gasteiger partial charge on any atom is 0.339 e. The molecular formula is C21H24O5. The van der Waals surface area contributed by atoms with Gasteiger partial charge in [-0.3, -0.25) is 0 Å². The number of hydrogen-bond donors (Lipinski definition) is 2. The molecule has 0 aliphatic carbocycles. The first kappa shape index (κ1) is 19.7. The number of rotatable bonds is 9. The minimum atomic E-state index is -1.20. The zero-order chi connectivity index (χ0) is 18.9. The van der Waals surface area contributed by atoms with Crippen LogP contribution in [0.4, 0.5) is 0 Å². The van der Waals surface area contributed by atoms with Crippen LogP contribution in [0.25, 0.3) is 0 Å². The van der Waals surface area contributed by atoms with E-state index in [1.807, 2.05) is 6.07 Å². The van der Waals surface area contributed by atoms with E-state index >= 15 is 0 Å². The molecule has 0 radical (unpaired) electrons. The number of ether oxygens (including phenoxy) is 1. The zero-order valence-corrected chi connectivity index (χ0v) is 14.8. The first-order valence-electron chi connectivity index (χ1n) is 8.81. The predicted octanol–water partition coefficient (Wildman–Crippen LogP) is 4.22. The monoisotopic (exact) mass is 356 g/mol. The highest BCUT2D eigenvalue weighted by molar-refractivity contribution is 6.02. The van der Waals surface area contributed by atoms with Crippen molar-refractivity contribution in [1.29, 1.82) is 0 Å². The molecule has 5 heteroatoms. The van der Waals surface area contributed by atoms with E-state index in [0.29, 0.717) is 12.0 Å². The molecule has 0 spiro atoms. The number of carboxylic acid groups (broad SMARTS) is 1. The summed E-state index contributed by atoms with van der Waals surface area (Å²) in [5.74, 6) is -1.95. The van der Waals surface area contributed by atoms with Crippen LogP contribution in [0.3, 0.4) is 0 Å². The number of unbranched alkanes of at least 4 members (excludes halogenated alkanes) is 2. The number of carboxylic acids is 1. The topological polar surface area (TPSA) is 83.8 Å². The van der Waals surface area contributed by atoms with Crippen LogP contribution in [0, 0.1) is 0 Å². The lowest BCUT2D eigenvalue weighted by atomic mass is 9.99. The standard InChI is InChI=1S/C21H24O5/c1-2-3-5-14-18(22)19(15-10-6-4-7-11-15)26-21(25)17-13-9-8-12-16(17)20(23)24/h4,6-13,18-19,22H,2-3,5,14H2,1H3,(H,23,24). The van der Waals surface area contributed by atoms with Gasteiger partial charge in [-0.05, 0) is 24.1 Å². The Balaban J connectivity index is 2.24. The SMILES string of the molecule is CCCCCC(O)C(OC(=O)c1ccccc1C(=O)O)c1ccccc1. The van der Waals surface area contributed by atoms with E-state index in [-0.39, 0.29) is 11.1 Å². The molecule has 0 saturated heterocycles. The molecule has 0 heterocycles. The van der Waals surface area contributed by atoms with E-state index in [9.17, 15) is 19.8 Å². The van der Waals surface area contributed by atoms with Crippen molar-refractivity contribution in [3.63, 3.8) is 0 Å². The van der Waals surface area contributed by atoms with Gasteiger partial charge in [-0.1, -0.05) is 68.7 Å². The number of aliphatic hydroxyl groups excluding tert-OH is 1. The Labute approximate surface area is 153 Å². The Bertz CT molecular complexity index is 726. The Morgan fingerprint density at radius 1 is 0.962 bits per heavy atom. The number of aromatic carboxylic acids is 1. The second kappa shape index (κ2) is 9.73. The summed E-state index contributed by atoms with van der Waals surface area (Å²) in [6, 6.07) is 14.9. The maximum absolute atomic E-state index is 12.6. The van der Waals surface area contributed by atoms with Crippen LogP contribution in [-0.4, -0.2) is 28.3 Å². The van der Waals surface area contributed by atoms with Crippen LogP contribution in [-0.2, 0) is 4.74 Å². The van der Waals surface area contributed by atoms with Gasteiger partial charge in [0.05, 0.1) is 17.2 Å². The number of aliphatic hydroxyl groups is 1. The lowest BCUT2D eigenvalue weighted by Gasteiger charge is -2.24. The van der Waals surface area contributed by atoms with Crippen LogP contribution in [0.2, 0.25) is 0 Å². The molecule has 0 amide bonds. The molecule has 2 aromatic rings. The Morgan fingerprint density at radius 3 is 2.19 bits per heavy atom. The molecule has 138 valence electrons. The summed E-state index contributed by atoms with van der Waals surface area (Å²) in [5, 5.41) is 19.8. The van der Waals surface area contributed by atoms with E-state index in [4.69, 9.17) is 4.74 Å². The minimum absolute atomic E-state index is 0.0262. The minimum Gasteiger partial charge on any atom is -0.478 e. The number of hydrogen-bond acceptors (Lipinski definition) is 4. The second-order valence-corrected chi connectivity index (χ2v) is 6.15. The van der Waals surface area contributed by atoms with E-state index in [1.165, 1.54) is 12.1 Å². The van der Waals surface area contributed by atoms with E-state index in [0.717, 1.165) is 19.3 Å². The number of carbonyl (C=O) groups excluding carboxylic acids is 1. The molecule has 26 heavy (non-hydrogen) atoms. The van der Waals surface area contributed by atoms with Gasteiger partial charge in [0.2, 0.25) is 0 Å². The normalized spacial score (nSPS) is 13.0. The number of carbonyl (C=O) groups is 2. The van der Waals surface area contributed by atoms with Gasteiger partial charge in [0.15, 0.2) is 6.10 Å². The van der Waals surface area contributed by atoms with Crippen LogP contribution >= 0.6 is 0 Å². The van der Waals surface area contributed by atoms with Gasteiger partial charge in [-0.2, -0.15) is 0 Å². The third-order valence-corrected chi connectivity index (χ3v) is 4.19. The summed E-state index contributed by atoms with van der Waals surface area (Å²) in [6.45, 7) is 2.07. The molecule has 5 nitrogen and oxygen atoms in total. The first-order valence-corrected chi connectivity index (χ1v) is 8.81. The third kappa shape index (κ3) is 5.17. The van der Waals surface area contributed by atoms with E-state index in [2.05, 4.69) is 6.92 Å². The van der Waals surface area contributed by atoms with Crippen LogP contribution < -0.4 is 0 Å². The molecule has 0 aliphatic heterocycles. The van der Waals surface area contributed by atoms with Crippen molar-refractivity contribution in [1.82, 2.24) is 0 Å². The van der Waals surface area contributed by atoms with Crippen LogP contribution in [0.1, 0.15) is 65.0 Å². The average Bonchev–Trinajstić information content (AvgIpc) is 2.66. The summed E-state index contributed by atoms with van der Waals surface area (Å²) >= 11 is 0. The molecule has 0 aliphatic rings. The highest BCUT2D eigenvalue weighted by atomic mass is 16.6. The molecule has 0 bridgehead atoms. The highest BCUT2D eigenvalue weighted by Gasteiger charge is 2.27. The molecule has 0 fully saturated rings. The van der Waals surface area contributed by atoms with Crippen LogP contribution in [0.5, 0.6) is 0 Å². The fraction of sp³-hybridized carbons (Fsp3) is 0.333. The molecule has 2 N–H and O–H groups in total. The quantitative estimate of drug-likeness (QED) is 0.519. The molecular weight excluding hydrogens is 332 g/mol. The van der Waals surface area contributed by atoms with Gasteiger partial charge in [0, 0.05) is 0 Å².